The summed E-state index contributed by atoms with van der Waals surface area (Å²) in [5, 5.41) is 3.16. The largest absolute Gasteiger partial charge is 0.352 e. The van der Waals surface area contributed by atoms with Gasteiger partial charge in [-0.25, -0.2) is 4.39 Å². The van der Waals surface area contributed by atoms with Crippen LogP contribution in [0.25, 0.3) is 0 Å². The number of nitrogens with one attached hydrogen (secondary N) is 1. The number of carbonyl (C=O) groups is 2. The highest BCUT2D eigenvalue weighted by molar-refractivity contribution is 6.30. The summed E-state index contributed by atoms with van der Waals surface area (Å²) in [6, 6.07) is 12.8. The standard InChI is InChI=1S/C17H15ClFNO2/c18-14-7-5-12(6-8-14)16(21)9-10-17(22)20-11-13-3-1-2-4-15(13)19/h1-8H,9-11H2,(H,20,22). The van der Waals surface area contributed by atoms with E-state index >= 15 is 0 Å². The maximum atomic E-state index is 13.4. The van der Waals surface area contributed by atoms with Gasteiger partial charge in [0.1, 0.15) is 5.82 Å². The molecule has 0 aromatic heterocycles. The summed E-state index contributed by atoms with van der Waals surface area (Å²) in [4.78, 5) is 23.6. The Hall–Kier alpha value is -2.20. The van der Waals surface area contributed by atoms with Gasteiger partial charge in [0.05, 0.1) is 0 Å². The maximum absolute atomic E-state index is 13.4. The molecule has 2 aromatic rings. The average Bonchev–Trinajstić information content (AvgIpc) is 2.52. The predicted octanol–water partition coefficient (Wildman–Crippen LogP) is 3.76. The van der Waals surface area contributed by atoms with E-state index in [4.69, 9.17) is 11.6 Å². The van der Waals surface area contributed by atoms with Crippen LogP contribution in [-0.2, 0) is 11.3 Å². The van der Waals surface area contributed by atoms with Crippen LogP contribution in [0.15, 0.2) is 48.5 Å². The van der Waals surface area contributed by atoms with Gasteiger partial charge in [-0.1, -0.05) is 29.8 Å². The van der Waals surface area contributed by atoms with Crippen molar-refractivity contribution in [3.63, 3.8) is 0 Å². The molecule has 1 amide bonds. The van der Waals surface area contributed by atoms with Gasteiger partial charge in [0, 0.05) is 35.5 Å². The lowest BCUT2D eigenvalue weighted by molar-refractivity contribution is -0.121. The van der Waals surface area contributed by atoms with Crippen LogP contribution in [0.4, 0.5) is 4.39 Å². The lowest BCUT2D eigenvalue weighted by Gasteiger charge is -2.06. The second kappa shape index (κ2) is 7.71. The number of amides is 1. The van der Waals surface area contributed by atoms with Crippen LogP contribution in [0.2, 0.25) is 5.02 Å². The number of rotatable bonds is 6. The molecule has 0 radical (unpaired) electrons. The second-order valence-corrected chi connectivity index (χ2v) is 5.23. The molecule has 114 valence electrons. The zero-order valence-corrected chi connectivity index (χ0v) is 12.6. The summed E-state index contributed by atoms with van der Waals surface area (Å²) < 4.78 is 13.4. The molecule has 0 saturated heterocycles. The lowest BCUT2D eigenvalue weighted by Crippen LogP contribution is -2.23. The first-order chi connectivity index (χ1) is 10.6. The smallest absolute Gasteiger partial charge is 0.220 e. The Morgan fingerprint density at radius 1 is 1.00 bits per heavy atom. The van der Waals surface area contributed by atoms with E-state index in [1.165, 1.54) is 6.07 Å². The first-order valence-corrected chi connectivity index (χ1v) is 7.23. The third kappa shape index (κ3) is 4.67. The van der Waals surface area contributed by atoms with E-state index in [2.05, 4.69) is 5.32 Å². The molecule has 0 bridgehead atoms. The molecular weight excluding hydrogens is 305 g/mol. The fourth-order valence-electron chi connectivity index (χ4n) is 1.93. The van der Waals surface area contributed by atoms with E-state index in [0.717, 1.165) is 0 Å². The quantitative estimate of drug-likeness (QED) is 0.824. The third-order valence-electron chi connectivity index (χ3n) is 3.18. The zero-order chi connectivity index (χ0) is 15.9. The molecule has 0 heterocycles. The number of carbonyl (C=O) groups excluding carboxylic acids is 2. The Morgan fingerprint density at radius 2 is 1.68 bits per heavy atom. The van der Waals surface area contributed by atoms with E-state index in [9.17, 15) is 14.0 Å². The highest BCUT2D eigenvalue weighted by Crippen LogP contribution is 2.12. The molecule has 0 aliphatic carbocycles. The van der Waals surface area contributed by atoms with Crippen molar-refractivity contribution < 1.29 is 14.0 Å². The van der Waals surface area contributed by atoms with Crippen molar-refractivity contribution in [1.29, 1.82) is 0 Å². The Kier molecular flexibility index (Phi) is 5.67. The van der Waals surface area contributed by atoms with Gasteiger partial charge in [0.15, 0.2) is 5.78 Å². The predicted molar refractivity (Wildman–Crippen MR) is 83.3 cm³/mol. The van der Waals surface area contributed by atoms with Gasteiger partial charge in [-0.3, -0.25) is 9.59 Å². The van der Waals surface area contributed by atoms with Crippen LogP contribution in [0, 0.1) is 5.82 Å². The highest BCUT2D eigenvalue weighted by atomic mass is 35.5. The van der Waals surface area contributed by atoms with Crippen LogP contribution in [0.3, 0.4) is 0 Å². The van der Waals surface area contributed by atoms with Crippen molar-refractivity contribution in [2.45, 2.75) is 19.4 Å². The molecule has 1 N–H and O–H groups in total. The van der Waals surface area contributed by atoms with Gasteiger partial charge in [0.2, 0.25) is 5.91 Å². The van der Waals surface area contributed by atoms with Crippen molar-refractivity contribution in [1.82, 2.24) is 5.32 Å². The van der Waals surface area contributed by atoms with Gasteiger partial charge < -0.3 is 5.32 Å². The Morgan fingerprint density at radius 3 is 2.36 bits per heavy atom. The summed E-state index contributed by atoms with van der Waals surface area (Å²) in [5.74, 6) is -0.775. The Labute approximate surface area is 133 Å². The van der Waals surface area contributed by atoms with Crippen molar-refractivity contribution in [3.8, 4) is 0 Å². The maximum Gasteiger partial charge on any atom is 0.220 e. The minimum atomic E-state index is -0.361. The first kappa shape index (κ1) is 16.2. The monoisotopic (exact) mass is 319 g/mol. The van der Waals surface area contributed by atoms with Gasteiger partial charge in [-0.2, -0.15) is 0 Å². The molecule has 0 saturated carbocycles. The van der Waals surface area contributed by atoms with Gasteiger partial charge in [0.25, 0.3) is 0 Å². The third-order valence-corrected chi connectivity index (χ3v) is 3.43. The van der Waals surface area contributed by atoms with Crippen molar-refractivity contribution in [2.75, 3.05) is 0 Å². The molecule has 5 heteroatoms. The Bertz CT molecular complexity index is 671. The Balaban J connectivity index is 1.79. The van der Waals surface area contributed by atoms with Gasteiger partial charge in [-0.05, 0) is 30.3 Å². The number of ketones is 1. The van der Waals surface area contributed by atoms with Crippen molar-refractivity contribution in [3.05, 3.63) is 70.5 Å². The molecule has 2 aromatic carbocycles. The van der Waals surface area contributed by atoms with E-state index in [1.54, 1.807) is 42.5 Å². The number of halogens is 2. The molecule has 0 spiro atoms. The molecular formula is C17H15ClFNO2. The first-order valence-electron chi connectivity index (χ1n) is 6.85. The number of benzene rings is 2. The van der Waals surface area contributed by atoms with Crippen LogP contribution < -0.4 is 5.32 Å². The normalized spacial score (nSPS) is 10.3. The van der Waals surface area contributed by atoms with Crippen LogP contribution >= 0.6 is 11.6 Å². The summed E-state index contributed by atoms with van der Waals surface area (Å²) in [6.07, 6.45) is 0.167. The van der Waals surface area contributed by atoms with E-state index in [0.29, 0.717) is 16.1 Å². The van der Waals surface area contributed by atoms with Crippen LogP contribution in [-0.4, -0.2) is 11.7 Å². The number of hydrogen-bond acceptors (Lipinski definition) is 2. The summed E-state index contributed by atoms with van der Waals surface area (Å²) in [7, 11) is 0. The van der Waals surface area contributed by atoms with Gasteiger partial charge in [-0.15, -0.1) is 0 Å². The van der Waals surface area contributed by atoms with Crippen molar-refractivity contribution in [2.24, 2.45) is 0 Å². The summed E-state index contributed by atoms with van der Waals surface area (Å²) in [6.45, 7) is 0.112. The van der Waals surface area contributed by atoms with Crippen molar-refractivity contribution >= 4 is 23.3 Å². The number of hydrogen-bond donors (Lipinski definition) is 1. The topological polar surface area (TPSA) is 46.2 Å². The highest BCUT2D eigenvalue weighted by Gasteiger charge is 2.10. The van der Waals surface area contributed by atoms with Gasteiger partial charge >= 0.3 is 0 Å². The van der Waals surface area contributed by atoms with E-state index in [-0.39, 0.29) is 36.9 Å². The molecule has 0 atom stereocenters. The molecule has 22 heavy (non-hydrogen) atoms. The summed E-state index contributed by atoms with van der Waals surface area (Å²) in [5.41, 5.74) is 0.936. The minimum absolute atomic E-state index is 0.0654. The van der Waals surface area contributed by atoms with Crippen LogP contribution in [0.5, 0.6) is 0 Å². The van der Waals surface area contributed by atoms with Crippen LogP contribution in [0.1, 0.15) is 28.8 Å². The average molecular weight is 320 g/mol. The molecule has 0 unspecified atom stereocenters. The molecule has 2 rings (SSSR count). The molecule has 0 fully saturated rings. The lowest BCUT2D eigenvalue weighted by atomic mass is 10.1. The fraction of sp³-hybridized carbons (Fsp3) is 0.176. The fourth-order valence-corrected chi connectivity index (χ4v) is 2.06. The zero-order valence-electron chi connectivity index (χ0n) is 11.8. The summed E-state index contributed by atoms with van der Waals surface area (Å²) >= 11 is 5.75. The minimum Gasteiger partial charge on any atom is -0.352 e. The molecule has 0 aliphatic heterocycles. The molecule has 3 nitrogen and oxygen atoms in total. The SMILES string of the molecule is O=C(CCC(=O)c1ccc(Cl)cc1)NCc1ccccc1F. The van der Waals surface area contributed by atoms with E-state index < -0.39 is 0 Å². The number of Topliss-reactive ketones (excluding diaryl/α,β-unsaturated/α-hetero) is 1. The molecule has 0 aliphatic rings. The van der Waals surface area contributed by atoms with E-state index in [1.807, 2.05) is 0 Å². The second-order valence-electron chi connectivity index (χ2n) is 4.80.